The first kappa shape index (κ1) is 19.8. The Morgan fingerprint density at radius 2 is 1.83 bits per heavy atom. The van der Waals surface area contributed by atoms with Crippen LogP contribution in [0.1, 0.15) is 78.6 Å². The highest BCUT2D eigenvalue weighted by atomic mass is 32.2. The van der Waals surface area contributed by atoms with Crippen molar-refractivity contribution in [1.82, 2.24) is 0 Å². The lowest BCUT2D eigenvalue weighted by Crippen LogP contribution is -2.57. The number of carbonyl (C=O) groups excluding carboxylic acids is 3. The summed E-state index contributed by atoms with van der Waals surface area (Å²) in [6.07, 6.45) is 10.0. The third-order valence-electron chi connectivity index (χ3n) is 9.61. The van der Waals surface area contributed by atoms with Crippen LogP contribution in [0.15, 0.2) is 11.6 Å². The van der Waals surface area contributed by atoms with E-state index < -0.39 is 0 Å². The van der Waals surface area contributed by atoms with Crippen molar-refractivity contribution in [2.45, 2.75) is 89.4 Å². The van der Waals surface area contributed by atoms with E-state index in [4.69, 9.17) is 4.74 Å². The van der Waals surface area contributed by atoms with Gasteiger partial charge < -0.3 is 4.74 Å². The minimum Gasteiger partial charge on any atom is -0.458 e. The summed E-state index contributed by atoms with van der Waals surface area (Å²) in [5.41, 5.74) is 1.09. The maximum atomic E-state index is 12.2. The highest BCUT2D eigenvalue weighted by molar-refractivity contribution is 8.14. The van der Waals surface area contributed by atoms with Gasteiger partial charge in [-0.3, -0.25) is 14.4 Å². The fourth-order valence-electron chi connectivity index (χ4n) is 8.13. The van der Waals surface area contributed by atoms with Crippen LogP contribution in [0.25, 0.3) is 0 Å². The number of ketones is 1. The molecule has 4 aliphatic carbocycles. The fourth-order valence-corrected chi connectivity index (χ4v) is 9.36. The van der Waals surface area contributed by atoms with Crippen LogP contribution in [0.3, 0.4) is 0 Å². The molecule has 1 heterocycles. The van der Waals surface area contributed by atoms with Crippen molar-refractivity contribution in [3.05, 3.63) is 11.6 Å². The van der Waals surface area contributed by atoms with E-state index in [0.717, 1.165) is 44.9 Å². The molecule has 0 aromatic carbocycles. The molecular weight excluding hydrogens is 384 g/mol. The molecule has 1 saturated heterocycles. The molecule has 0 aromatic rings. The fraction of sp³-hybridized carbons (Fsp3) is 0.792. The van der Waals surface area contributed by atoms with Gasteiger partial charge in [0.15, 0.2) is 10.9 Å². The monoisotopic (exact) mass is 416 g/mol. The zero-order chi connectivity index (χ0) is 20.6. The number of hydrogen-bond acceptors (Lipinski definition) is 5. The Morgan fingerprint density at radius 1 is 1.07 bits per heavy atom. The predicted molar refractivity (Wildman–Crippen MR) is 112 cm³/mol. The summed E-state index contributed by atoms with van der Waals surface area (Å²) < 4.78 is 6.06. The van der Waals surface area contributed by atoms with E-state index in [1.807, 2.05) is 6.08 Å². The minimum atomic E-state index is -0.287. The highest BCUT2D eigenvalue weighted by Crippen LogP contribution is 2.70. The Hall–Kier alpha value is -1.10. The number of fused-ring (bicyclic) bond motifs is 6. The molecule has 5 rings (SSSR count). The van der Waals surface area contributed by atoms with Gasteiger partial charge in [0.1, 0.15) is 5.60 Å². The molecule has 6 unspecified atom stereocenters. The summed E-state index contributed by atoms with van der Waals surface area (Å²) in [7, 11) is 0. The van der Waals surface area contributed by atoms with Crippen molar-refractivity contribution in [1.29, 1.82) is 0 Å². The van der Waals surface area contributed by atoms with E-state index in [1.165, 1.54) is 17.3 Å². The molecule has 5 heteroatoms. The Labute approximate surface area is 177 Å². The third kappa shape index (κ3) is 2.68. The Morgan fingerprint density at radius 3 is 2.52 bits per heavy atom. The second-order valence-electron chi connectivity index (χ2n) is 10.7. The smallest absolute Gasteiger partial charge is 0.306 e. The Bertz CT molecular complexity index is 818. The van der Waals surface area contributed by atoms with Crippen molar-refractivity contribution in [2.75, 3.05) is 0 Å². The molecule has 5 aliphatic rings. The van der Waals surface area contributed by atoms with Gasteiger partial charge in [0.05, 0.1) is 0 Å². The second kappa shape index (κ2) is 6.45. The van der Waals surface area contributed by atoms with Gasteiger partial charge in [-0.25, -0.2) is 0 Å². The van der Waals surface area contributed by atoms with Gasteiger partial charge in [-0.15, -0.1) is 0 Å². The molecule has 0 amide bonds. The number of ether oxygens (including phenoxy) is 1. The summed E-state index contributed by atoms with van der Waals surface area (Å²) in [6, 6.07) is 0. The highest BCUT2D eigenvalue weighted by Gasteiger charge is 2.68. The maximum Gasteiger partial charge on any atom is 0.306 e. The molecule has 7 atom stereocenters. The average molecular weight is 417 g/mol. The van der Waals surface area contributed by atoms with Crippen LogP contribution < -0.4 is 0 Å². The molecule has 4 nitrogen and oxygen atoms in total. The van der Waals surface area contributed by atoms with Crippen LogP contribution in [0.4, 0.5) is 0 Å². The molecule has 0 radical (unpaired) electrons. The van der Waals surface area contributed by atoms with Gasteiger partial charge in [-0.1, -0.05) is 31.2 Å². The number of rotatable bonds is 1. The van der Waals surface area contributed by atoms with Gasteiger partial charge >= 0.3 is 5.97 Å². The van der Waals surface area contributed by atoms with Crippen molar-refractivity contribution in [3.63, 3.8) is 0 Å². The first-order valence-corrected chi connectivity index (χ1v) is 12.2. The zero-order valence-corrected chi connectivity index (χ0v) is 18.6. The largest absolute Gasteiger partial charge is 0.458 e. The van der Waals surface area contributed by atoms with Gasteiger partial charge in [-0.05, 0) is 74.2 Å². The Kier molecular flexibility index (Phi) is 4.41. The first-order chi connectivity index (χ1) is 13.7. The number of esters is 1. The quantitative estimate of drug-likeness (QED) is 0.572. The summed E-state index contributed by atoms with van der Waals surface area (Å²) in [4.78, 5) is 36.4. The van der Waals surface area contributed by atoms with Gasteiger partial charge in [0.25, 0.3) is 0 Å². The predicted octanol–water partition coefficient (Wildman–Crippen LogP) is 4.85. The molecule has 0 N–H and O–H groups in total. The summed E-state index contributed by atoms with van der Waals surface area (Å²) in [5.74, 6) is 1.67. The summed E-state index contributed by atoms with van der Waals surface area (Å²) >= 11 is 1.50. The van der Waals surface area contributed by atoms with Crippen molar-refractivity contribution < 1.29 is 19.1 Å². The number of thioether (sulfide) groups is 1. The minimum absolute atomic E-state index is 0.0119. The normalized spacial score (nSPS) is 48.6. The van der Waals surface area contributed by atoms with Gasteiger partial charge in [0.2, 0.25) is 0 Å². The third-order valence-corrected chi connectivity index (χ3v) is 10.7. The zero-order valence-electron chi connectivity index (χ0n) is 17.8. The van der Waals surface area contributed by atoms with Crippen LogP contribution >= 0.6 is 11.8 Å². The molecule has 158 valence electrons. The van der Waals surface area contributed by atoms with E-state index in [9.17, 15) is 14.4 Å². The van der Waals surface area contributed by atoms with Crippen LogP contribution in [-0.4, -0.2) is 27.7 Å². The van der Waals surface area contributed by atoms with E-state index >= 15 is 0 Å². The number of hydrogen-bond donors (Lipinski definition) is 0. The maximum absolute atomic E-state index is 12.2. The van der Waals surface area contributed by atoms with Gasteiger partial charge in [-0.2, -0.15) is 0 Å². The summed E-state index contributed by atoms with van der Waals surface area (Å²) in [6.45, 7) is 6.42. The second-order valence-corrected chi connectivity index (χ2v) is 12.1. The summed E-state index contributed by atoms with van der Waals surface area (Å²) in [5, 5.41) is 0.409. The lowest BCUT2D eigenvalue weighted by molar-refractivity contribution is -0.167. The average Bonchev–Trinajstić information content (AvgIpc) is 3.17. The topological polar surface area (TPSA) is 60.4 Å². The van der Waals surface area contributed by atoms with E-state index in [0.29, 0.717) is 30.6 Å². The van der Waals surface area contributed by atoms with Gasteiger partial charge in [0, 0.05) is 30.4 Å². The van der Waals surface area contributed by atoms with Crippen LogP contribution in [0.5, 0.6) is 0 Å². The lowest BCUT2D eigenvalue weighted by Gasteiger charge is -2.61. The van der Waals surface area contributed by atoms with Crippen molar-refractivity contribution in [2.24, 2.45) is 28.6 Å². The van der Waals surface area contributed by atoms with Crippen LogP contribution in [0.2, 0.25) is 0 Å². The Balaban J connectivity index is 1.56. The molecule has 3 saturated carbocycles. The molecule has 1 spiro atoms. The molecular formula is C24H32O4S. The molecule has 0 aromatic heterocycles. The molecule has 0 bridgehead atoms. The van der Waals surface area contributed by atoms with E-state index in [2.05, 4.69) is 13.8 Å². The molecule has 29 heavy (non-hydrogen) atoms. The standard InChI is InChI=1S/C24H32O4S/c1-14(25)29-19-13-15-12-16(26)4-8-22(15,2)17-5-9-23(3)18(21(17)19)6-10-24(23)11-7-20(27)28-24/h12,17-19,21H,4-11,13H2,1-3H3/t17?,18?,19?,21?,22?,23?,24-/m0/s1. The van der Waals surface area contributed by atoms with Crippen LogP contribution in [0, 0.1) is 28.6 Å². The number of allylic oxidation sites excluding steroid dienone is 1. The lowest BCUT2D eigenvalue weighted by atomic mass is 9.46. The SMILES string of the molecule is CC(=O)SC1CC2=CC(=O)CCC2(C)C2CCC3(C)C(CC[C@]34CCC(=O)O4)C12. The van der Waals surface area contributed by atoms with E-state index in [-0.39, 0.29) is 38.5 Å². The number of carbonyl (C=O) groups is 3. The van der Waals surface area contributed by atoms with Crippen LogP contribution in [-0.2, 0) is 19.1 Å². The molecule has 4 fully saturated rings. The van der Waals surface area contributed by atoms with Crippen molar-refractivity contribution >= 4 is 28.6 Å². The van der Waals surface area contributed by atoms with Crippen molar-refractivity contribution in [3.8, 4) is 0 Å². The first-order valence-electron chi connectivity index (χ1n) is 11.3. The molecule has 1 aliphatic heterocycles. The van der Waals surface area contributed by atoms with E-state index in [1.54, 1.807) is 6.92 Å².